The molecule has 1 unspecified atom stereocenters. The third kappa shape index (κ3) is 6.81. The highest BCUT2D eigenvalue weighted by molar-refractivity contribution is 5.80. The second kappa shape index (κ2) is 10.4. The Balaban J connectivity index is 1.89. The molecule has 0 fully saturated rings. The standard InChI is InChI=1S/C21H30N4O2/c1-15(2)14-27-19-8-6-18(7-9-19)16(3)25-21(22-4)24-13-17-10-11-23-20(12-17)26-5/h6-12,15-16H,13-14H2,1-5H3,(H2,22,24,25). The summed E-state index contributed by atoms with van der Waals surface area (Å²) < 4.78 is 10.9. The van der Waals surface area contributed by atoms with Crippen molar-refractivity contribution >= 4 is 5.96 Å². The zero-order chi connectivity index (χ0) is 19.6. The Morgan fingerprint density at radius 2 is 1.89 bits per heavy atom. The van der Waals surface area contributed by atoms with E-state index in [1.165, 1.54) is 5.56 Å². The SMILES string of the molecule is CN=C(NCc1ccnc(OC)c1)NC(C)c1ccc(OCC(C)C)cc1. The van der Waals surface area contributed by atoms with Gasteiger partial charge in [0.1, 0.15) is 5.75 Å². The maximum Gasteiger partial charge on any atom is 0.213 e. The highest BCUT2D eigenvalue weighted by atomic mass is 16.5. The van der Waals surface area contributed by atoms with E-state index in [2.05, 4.69) is 53.5 Å². The van der Waals surface area contributed by atoms with Crippen LogP contribution in [-0.2, 0) is 6.54 Å². The van der Waals surface area contributed by atoms with Gasteiger partial charge in [0.05, 0.1) is 19.8 Å². The predicted molar refractivity (Wildman–Crippen MR) is 109 cm³/mol. The van der Waals surface area contributed by atoms with E-state index in [4.69, 9.17) is 9.47 Å². The first-order valence-electron chi connectivity index (χ1n) is 9.20. The van der Waals surface area contributed by atoms with Crippen molar-refractivity contribution in [3.05, 3.63) is 53.7 Å². The molecule has 1 aromatic carbocycles. The van der Waals surface area contributed by atoms with Gasteiger partial charge in [-0.2, -0.15) is 0 Å². The minimum absolute atomic E-state index is 0.113. The number of nitrogens with zero attached hydrogens (tertiary/aromatic N) is 2. The van der Waals surface area contributed by atoms with Crippen LogP contribution in [-0.4, -0.2) is 31.7 Å². The van der Waals surface area contributed by atoms with Gasteiger partial charge < -0.3 is 20.1 Å². The molecule has 0 aliphatic carbocycles. The second-order valence-corrected chi connectivity index (χ2v) is 6.77. The van der Waals surface area contributed by atoms with Crippen molar-refractivity contribution < 1.29 is 9.47 Å². The van der Waals surface area contributed by atoms with Crippen LogP contribution in [0, 0.1) is 5.92 Å². The van der Waals surface area contributed by atoms with Gasteiger partial charge in [0.25, 0.3) is 0 Å². The summed E-state index contributed by atoms with van der Waals surface area (Å²) in [5.41, 5.74) is 2.24. The third-order valence-electron chi connectivity index (χ3n) is 4.01. The maximum atomic E-state index is 5.74. The first-order valence-corrected chi connectivity index (χ1v) is 9.20. The van der Waals surface area contributed by atoms with Gasteiger partial charge in [0.2, 0.25) is 5.88 Å². The van der Waals surface area contributed by atoms with Gasteiger partial charge in [-0.1, -0.05) is 26.0 Å². The number of nitrogens with one attached hydrogen (secondary N) is 2. The molecule has 0 saturated carbocycles. The molecular weight excluding hydrogens is 340 g/mol. The Hall–Kier alpha value is -2.76. The summed E-state index contributed by atoms with van der Waals surface area (Å²) >= 11 is 0. The number of methoxy groups -OCH3 is 1. The van der Waals surface area contributed by atoms with E-state index in [9.17, 15) is 0 Å². The number of hydrogen-bond donors (Lipinski definition) is 2. The number of aliphatic imine (C=N–C) groups is 1. The molecule has 27 heavy (non-hydrogen) atoms. The summed E-state index contributed by atoms with van der Waals surface area (Å²) in [6, 6.07) is 12.1. The average Bonchev–Trinajstić information content (AvgIpc) is 2.69. The van der Waals surface area contributed by atoms with E-state index in [0.717, 1.165) is 23.9 Å². The average molecular weight is 370 g/mol. The summed E-state index contributed by atoms with van der Waals surface area (Å²) in [4.78, 5) is 8.42. The van der Waals surface area contributed by atoms with Crippen molar-refractivity contribution in [1.82, 2.24) is 15.6 Å². The van der Waals surface area contributed by atoms with Crippen LogP contribution in [0.4, 0.5) is 0 Å². The molecule has 0 aliphatic heterocycles. The van der Waals surface area contributed by atoms with Crippen molar-refractivity contribution in [1.29, 1.82) is 0 Å². The molecule has 1 atom stereocenters. The van der Waals surface area contributed by atoms with Crippen LogP contribution >= 0.6 is 0 Å². The van der Waals surface area contributed by atoms with E-state index in [1.54, 1.807) is 20.4 Å². The molecule has 0 saturated heterocycles. The van der Waals surface area contributed by atoms with E-state index in [1.807, 2.05) is 24.3 Å². The van der Waals surface area contributed by atoms with E-state index in [0.29, 0.717) is 18.3 Å². The van der Waals surface area contributed by atoms with Gasteiger partial charge in [-0.05, 0) is 42.2 Å². The Labute approximate surface area is 162 Å². The minimum atomic E-state index is 0.113. The molecular formula is C21H30N4O2. The number of aromatic nitrogens is 1. The van der Waals surface area contributed by atoms with Gasteiger partial charge in [-0.25, -0.2) is 4.98 Å². The fraction of sp³-hybridized carbons (Fsp3) is 0.429. The second-order valence-electron chi connectivity index (χ2n) is 6.77. The molecule has 0 radical (unpaired) electrons. The van der Waals surface area contributed by atoms with Crippen molar-refractivity contribution in [3.8, 4) is 11.6 Å². The van der Waals surface area contributed by atoms with Crippen LogP contribution in [0.25, 0.3) is 0 Å². The molecule has 2 aromatic rings. The van der Waals surface area contributed by atoms with Gasteiger partial charge in [-0.15, -0.1) is 0 Å². The number of pyridine rings is 1. The van der Waals surface area contributed by atoms with Crippen LogP contribution in [0.15, 0.2) is 47.6 Å². The lowest BCUT2D eigenvalue weighted by Gasteiger charge is -2.19. The van der Waals surface area contributed by atoms with E-state index in [-0.39, 0.29) is 6.04 Å². The van der Waals surface area contributed by atoms with Crippen molar-refractivity contribution in [2.75, 3.05) is 20.8 Å². The fourth-order valence-corrected chi connectivity index (χ4v) is 2.46. The van der Waals surface area contributed by atoms with Crippen molar-refractivity contribution in [2.45, 2.75) is 33.4 Å². The van der Waals surface area contributed by atoms with Crippen LogP contribution in [0.5, 0.6) is 11.6 Å². The number of hydrogen-bond acceptors (Lipinski definition) is 4. The monoisotopic (exact) mass is 370 g/mol. The molecule has 0 spiro atoms. The fourth-order valence-electron chi connectivity index (χ4n) is 2.46. The number of ether oxygens (including phenoxy) is 2. The van der Waals surface area contributed by atoms with Gasteiger partial charge in [0.15, 0.2) is 5.96 Å². The zero-order valence-electron chi connectivity index (χ0n) is 16.8. The zero-order valence-corrected chi connectivity index (χ0v) is 16.8. The predicted octanol–water partition coefficient (Wildman–Crippen LogP) is 3.55. The molecule has 6 nitrogen and oxygen atoms in total. The normalized spacial score (nSPS) is 12.6. The Kier molecular flexibility index (Phi) is 7.92. The van der Waals surface area contributed by atoms with Gasteiger partial charge in [-0.3, -0.25) is 4.99 Å². The molecule has 146 valence electrons. The Morgan fingerprint density at radius 1 is 1.15 bits per heavy atom. The molecule has 1 aromatic heterocycles. The van der Waals surface area contributed by atoms with E-state index >= 15 is 0 Å². The number of benzene rings is 1. The first-order chi connectivity index (χ1) is 13.0. The highest BCUT2D eigenvalue weighted by Crippen LogP contribution is 2.18. The van der Waals surface area contributed by atoms with Crippen LogP contribution in [0.1, 0.15) is 37.9 Å². The Bertz CT molecular complexity index is 729. The van der Waals surface area contributed by atoms with Gasteiger partial charge >= 0.3 is 0 Å². The van der Waals surface area contributed by atoms with Crippen LogP contribution in [0.2, 0.25) is 0 Å². The molecule has 0 bridgehead atoms. The summed E-state index contributed by atoms with van der Waals surface area (Å²) in [6.07, 6.45) is 1.73. The maximum absolute atomic E-state index is 5.74. The lowest BCUT2D eigenvalue weighted by molar-refractivity contribution is 0.271. The lowest BCUT2D eigenvalue weighted by atomic mass is 10.1. The summed E-state index contributed by atoms with van der Waals surface area (Å²) in [7, 11) is 3.37. The largest absolute Gasteiger partial charge is 0.493 e. The topological polar surface area (TPSA) is 67.8 Å². The Morgan fingerprint density at radius 3 is 2.52 bits per heavy atom. The quantitative estimate of drug-likeness (QED) is 0.549. The molecule has 6 heteroatoms. The molecule has 2 rings (SSSR count). The van der Waals surface area contributed by atoms with Crippen LogP contribution < -0.4 is 20.1 Å². The molecule has 1 heterocycles. The summed E-state index contributed by atoms with van der Waals surface area (Å²) in [5, 5.41) is 6.72. The molecule has 0 amide bonds. The third-order valence-corrected chi connectivity index (χ3v) is 4.01. The summed E-state index contributed by atoms with van der Waals surface area (Å²) in [5.74, 6) is 2.75. The first kappa shape index (κ1) is 20.6. The highest BCUT2D eigenvalue weighted by Gasteiger charge is 2.08. The number of guanidine groups is 1. The lowest BCUT2D eigenvalue weighted by Crippen LogP contribution is -2.38. The smallest absolute Gasteiger partial charge is 0.213 e. The van der Waals surface area contributed by atoms with Gasteiger partial charge in [0, 0.05) is 25.9 Å². The van der Waals surface area contributed by atoms with E-state index < -0.39 is 0 Å². The van der Waals surface area contributed by atoms with Crippen molar-refractivity contribution in [3.63, 3.8) is 0 Å². The van der Waals surface area contributed by atoms with Crippen LogP contribution in [0.3, 0.4) is 0 Å². The number of rotatable bonds is 8. The molecule has 2 N–H and O–H groups in total. The summed E-state index contributed by atoms with van der Waals surface area (Å²) in [6.45, 7) is 7.74. The van der Waals surface area contributed by atoms with Crippen molar-refractivity contribution in [2.24, 2.45) is 10.9 Å². The minimum Gasteiger partial charge on any atom is -0.493 e. The molecule has 0 aliphatic rings.